The lowest BCUT2D eigenvalue weighted by Crippen LogP contribution is -2.39. The van der Waals surface area contributed by atoms with Gasteiger partial charge >= 0.3 is 0 Å². The minimum Gasteiger partial charge on any atom is -0.394 e. The number of thioether (sulfide) groups is 1. The van der Waals surface area contributed by atoms with Crippen molar-refractivity contribution in [3.05, 3.63) is 6.33 Å². The van der Waals surface area contributed by atoms with Crippen molar-refractivity contribution < 1.29 is 5.11 Å². The van der Waals surface area contributed by atoms with Gasteiger partial charge in [0.1, 0.15) is 6.33 Å². The van der Waals surface area contributed by atoms with E-state index < -0.39 is 5.54 Å². The Labute approximate surface area is 100 Å². The van der Waals surface area contributed by atoms with Gasteiger partial charge in [0.2, 0.25) is 0 Å². The van der Waals surface area contributed by atoms with Crippen molar-refractivity contribution in [2.75, 3.05) is 12.4 Å². The van der Waals surface area contributed by atoms with Crippen molar-refractivity contribution in [2.45, 2.75) is 36.9 Å². The summed E-state index contributed by atoms with van der Waals surface area (Å²) in [5.41, 5.74) is 5.40. The minimum atomic E-state index is -0.435. The summed E-state index contributed by atoms with van der Waals surface area (Å²) in [5.74, 6) is 1.01. The lowest BCUT2D eigenvalue weighted by molar-refractivity contribution is 0.198. The zero-order valence-corrected chi connectivity index (χ0v) is 10.7. The smallest absolute Gasteiger partial charge is 0.190 e. The first-order valence-electron chi connectivity index (χ1n) is 5.42. The molecular weight excluding hydrogens is 224 g/mol. The van der Waals surface area contributed by atoms with Gasteiger partial charge in [-0.05, 0) is 19.8 Å². The molecule has 0 aliphatic heterocycles. The molecule has 0 aliphatic rings. The lowest BCUT2D eigenvalue weighted by atomic mass is 9.98. The van der Waals surface area contributed by atoms with Crippen LogP contribution in [0.15, 0.2) is 11.5 Å². The number of aliphatic hydroxyl groups is 1. The van der Waals surface area contributed by atoms with Crippen LogP contribution in [0.5, 0.6) is 0 Å². The topological polar surface area (TPSA) is 77.0 Å². The Balaban J connectivity index is 2.11. The van der Waals surface area contributed by atoms with Gasteiger partial charge in [0.05, 0.1) is 6.61 Å². The van der Waals surface area contributed by atoms with Crippen molar-refractivity contribution in [3.63, 3.8) is 0 Å². The van der Waals surface area contributed by atoms with E-state index in [2.05, 4.69) is 10.2 Å². The van der Waals surface area contributed by atoms with Crippen LogP contribution in [-0.4, -0.2) is 37.8 Å². The van der Waals surface area contributed by atoms with E-state index in [1.807, 2.05) is 18.5 Å². The molecule has 0 fully saturated rings. The highest BCUT2D eigenvalue weighted by atomic mass is 32.2. The Morgan fingerprint density at radius 2 is 2.31 bits per heavy atom. The molecule has 0 saturated heterocycles. The zero-order valence-electron chi connectivity index (χ0n) is 9.89. The molecule has 1 rings (SSSR count). The van der Waals surface area contributed by atoms with Gasteiger partial charge in [-0.25, -0.2) is 0 Å². The standard InChI is InChI=1S/C10H20N4OS/c1-10(11,7-15)5-3-4-6-16-9-13-12-8-14(9)2/h8,15H,3-7,11H2,1-2H3. The number of nitrogens with two attached hydrogens (primary N) is 1. The highest BCUT2D eigenvalue weighted by Crippen LogP contribution is 2.17. The summed E-state index contributed by atoms with van der Waals surface area (Å²) < 4.78 is 1.91. The average Bonchev–Trinajstić information content (AvgIpc) is 2.64. The summed E-state index contributed by atoms with van der Waals surface area (Å²) in [6, 6.07) is 0. The molecule has 0 spiro atoms. The van der Waals surface area contributed by atoms with Gasteiger partial charge in [-0.15, -0.1) is 10.2 Å². The summed E-state index contributed by atoms with van der Waals surface area (Å²) in [7, 11) is 1.94. The summed E-state index contributed by atoms with van der Waals surface area (Å²) >= 11 is 1.70. The zero-order chi connectivity index (χ0) is 12.0. The van der Waals surface area contributed by atoms with Crippen LogP contribution < -0.4 is 5.73 Å². The molecule has 6 heteroatoms. The van der Waals surface area contributed by atoms with Crippen LogP contribution in [0.2, 0.25) is 0 Å². The van der Waals surface area contributed by atoms with Crippen LogP contribution in [0, 0.1) is 0 Å². The van der Waals surface area contributed by atoms with E-state index in [-0.39, 0.29) is 6.61 Å². The Kier molecular flexibility index (Phi) is 5.24. The van der Waals surface area contributed by atoms with E-state index >= 15 is 0 Å². The second-order valence-electron chi connectivity index (χ2n) is 4.34. The predicted octanol–water partition coefficient (Wildman–Crippen LogP) is 0.787. The van der Waals surface area contributed by atoms with Gasteiger partial charge in [-0.3, -0.25) is 0 Å². The van der Waals surface area contributed by atoms with Crippen LogP contribution in [0.3, 0.4) is 0 Å². The quantitative estimate of drug-likeness (QED) is 0.548. The van der Waals surface area contributed by atoms with E-state index in [0.29, 0.717) is 0 Å². The summed E-state index contributed by atoms with van der Waals surface area (Å²) in [6.45, 7) is 1.92. The number of aliphatic hydroxyl groups excluding tert-OH is 1. The molecule has 0 aliphatic carbocycles. The lowest BCUT2D eigenvalue weighted by Gasteiger charge is -2.21. The third-order valence-electron chi connectivity index (χ3n) is 2.40. The third-order valence-corrected chi connectivity index (χ3v) is 3.53. The van der Waals surface area contributed by atoms with Crippen molar-refractivity contribution in [1.29, 1.82) is 0 Å². The van der Waals surface area contributed by atoms with Gasteiger partial charge in [-0.1, -0.05) is 18.2 Å². The molecule has 1 aromatic rings. The predicted molar refractivity (Wildman–Crippen MR) is 65.3 cm³/mol. The maximum atomic E-state index is 8.99. The second kappa shape index (κ2) is 6.22. The molecule has 0 aromatic carbocycles. The SMILES string of the molecule is Cn1cnnc1SCCCCC(C)(N)CO. The second-order valence-corrected chi connectivity index (χ2v) is 5.40. The fourth-order valence-electron chi connectivity index (χ4n) is 1.28. The number of aryl methyl sites for hydroxylation is 1. The van der Waals surface area contributed by atoms with Gasteiger partial charge < -0.3 is 15.4 Å². The number of rotatable bonds is 7. The number of hydrogen-bond donors (Lipinski definition) is 2. The van der Waals surface area contributed by atoms with Gasteiger partial charge in [-0.2, -0.15) is 0 Å². The molecular formula is C10H20N4OS. The Morgan fingerprint density at radius 3 is 2.88 bits per heavy atom. The molecule has 16 heavy (non-hydrogen) atoms. The normalized spacial score (nSPS) is 15.0. The highest BCUT2D eigenvalue weighted by molar-refractivity contribution is 7.99. The Bertz CT molecular complexity index is 314. The molecule has 1 aromatic heterocycles. The first-order chi connectivity index (χ1) is 7.55. The summed E-state index contributed by atoms with van der Waals surface area (Å²) in [5, 5.41) is 17.7. The van der Waals surface area contributed by atoms with Crippen molar-refractivity contribution in [2.24, 2.45) is 12.8 Å². The molecule has 5 nitrogen and oxygen atoms in total. The van der Waals surface area contributed by atoms with Gasteiger partial charge in [0.25, 0.3) is 0 Å². The molecule has 1 atom stereocenters. The Hall–Kier alpha value is -0.590. The van der Waals surface area contributed by atoms with E-state index in [1.54, 1.807) is 18.1 Å². The maximum Gasteiger partial charge on any atom is 0.190 e. The summed E-state index contributed by atoms with van der Waals surface area (Å²) in [4.78, 5) is 0. The maximum absolute atomic E-state index is 8.99. The van der Waals surface area contributed by atoms with Crippen LogP contribution in [0.4, 0.5) is 0 Å². The van der Waals surface area contributed by atoms with Crippen molar-refractivity contribution in [1.82, 2.24) is 14.8 Å². The fraction of sp³-hybridized carbons (Fsp3) is 0.800. The molecule has 3 N–H and O–H groups in total. The largest absolute Gasteiger partial charge is 0.394 e. The van der Waals surface area contributed by atoms with E-state index in [1.165, 1.54) is 0 Å². The number of aromatic nitrogens is 3. The number of unbranched alkanes of at least 4 members (excludes halogenated alkanes) is 1. The molecule has 1 unspecified atom stereocenters. The van der Waals surface area contributed by atoms with E-state index in [0.717, 1.165) is 30.2 Å². The first kappa shape index (κ1) is 13.5. The molecule has 0 saturated carbocycles. The highest BCUT2D eigenvalue weighted by Gasteiger charge is 2.15. The first-order valence-corrected chi connectivity index (χ1v) is 6.40. The molecule has 0 bridgehead atoms. The monoisotopic (exact) mass is 244 g/mol. The average molecular weight is 244 g/mol. The van der Waals surface area contributed by atoms with Gasteiger partial charge in [0, 0.05) is 18.3 Å². The van der Waals surface area contributed by atoms with E-state index in [9.17, 15) is 0 Å². The van der Waals surface area contributed by atoms with Crippen LogP contribution >= 0.6 is 11.8 Å². The van der Waals surface area contributed by atoms with Crippen molar-refractivity contribution >= 4 is 11.8 Å². The van der Waals surface area contributed by atoms with E-state index in [4.69, 9.17) is 10.8 Å². The molecule has 1 heterocycles. The van der Waals surface area contributed by atoms with Crippen LogP contribution in [-0.2, 0) is 7.05 Å². The summed E-state index contributed by atoms with van der Waals surface area (Å²) in [6.07, 6.45) is 4.65. The molecule has 0 radical (unpaired) electrons. The number of nitrogens with zero attached hydrogens (tertiary/aromatic N) is 3. The fourth-order valence-corrected chi connectivity index (χ4v) is 2.16. The molecule has 92 valence electrons. The minimum absolute atomic E-state index is 0.0451. The van der Waals surface area contributed by atoms with Crippen LogP contribution in [0.25, 0.3) is 0 Å². The van der Waals surface area contributed by atoms with Gasteiger partial charge in [0.15, 0.2) is 5.16 Å². The Morgan fingerprint density at radius 1 is 1.56 bits per heavy atom. The number of hydrogen-bond acceptors (Lipinski definition) is 5. The third kappa shape index (κ3) is 4.51. The van der Waals surface area contributed by atoms with Crippen molar-refractivity contribution in [3.8, 4) is 0 Å². The molecule has 0 amide bonds. The van der Waals surface area contributed by atoms with Crippen LogP contribution in [0.1, 0.15) is 26.2 Å².